The summed E-state index contributed by atoms with van der Waals surface area (Å²) in [5.41, 5.74) is 5.52. The van der Waals surface area contributed by atoms with E-state index in [2.05, 4.69) is 47.3 Å². The van der Waals surface area contributed by atoms with Crippen LogP contribution in [0, 0.1) is 4.51 Å². The molecule has 0 spiro atoms. The molecule has 2 nitrogen and oxygen atoms in total. The topological polar surface area (TPSA) is 17.0 Å². The van der Waals surface area contributed by atoms with Crippen molar-refractivity contribution in [2.24, 2.45) is 7.05 Å². The number of hydrogen-bond acceptors (Lipinski definition) is 2. The number of rotatable bonds is 3. The molecule has 1 heterocycles. The lowest BCUT2D eigenvalue weighted by Crippen LogP contribution is -2.06. The monoisotopic (exact) mass is 306 g/mol. The molecule has 0 bridgehead atoms. The van der Waals surface area contributed by atoms with Crippen molar-refractivity contribution in [3.63, 3.8) is 0 Å². The number of aromatic nitrogens is 1. The van der Waals surface area contributed by atoms with E-state index >= 15 is 0 Å². The zero-order chi connectivity index (χ0) is 15.5. The van der Waals surface area contributed by atoms with Gasteiger partial charge in [-0.3, -0.25) is 0 Å². The summed E-state index contributed by atoms with van der Waals surface area (Å²) in [6.07, 6.45) is 0. The lowest BCUT2D eigenvalue weighted by Gasteiger charge is -2.19. The van der Waals surface area contributed by atoms with Crippen molar-refractivity contribution in [1.29, 1.82) is 0 Å². The van der Waals surface area contributed by atoms with Crippen molar-refractivity contribution in [3.05, 3.63) is 71.2 Å². The van der Waals surface area contributed by atoms with Crippen LogP contribution in [0.15, 0.2) is 66.7 Å². The first-order valence-electron chi connectivity index (χ1n) is 7.25. The van der Waals surface area contributed by atoms with E-state index in [4.69, 9.17) is 12.2 Å². The summed E-state index contributed by atoms with van der Waals surface area (Å²) in [7, 11) is 4.00. The van der Waals surface area contributed by atoms with E-state index in [0.29, 0.717) is 0 Å². The Morgan fingerprint density at radius 2 is 1.41 bits per heavy atom. The number of benzene rings is 2. The molecule has 0 radical (unpaired) electrons. The Balaban J connectivity index is 2.33. The quantitative estimate of drug-likeness (QED) is 0.676. The molecule has 3 aromatic rings. The number of nitrogens with zero attached hydrogens (tertiary/aromatic N) is 1. The summed E-state index contributed by atoms with van der Waals surface area (Å²) in [6.45, 7) is 0. The molecular formula is C19H18N2S. The molecule has 0 saturated heterocycles. The molecule has 0 amide bonds. The Kier molecular flexibility index (Phi) is 4.07. The summed E-state index contributed by atoms with van der Waals surface area (Å²) < 4.78 is 3.03. The third-order valence-corrected chi connectivity index (χ3v) is 4.14. The first kappa shape index (κ1) is 14.5. The predicted molar refractivity (Wildman–Crippen MR) is 96.7 cm³/mol. The maximum atomic E-state index is 5.61. The highest BCUT2D eigenvalue weighted by Crippen LogP contribution is 2.33. The summed E-state index contributed by atoms with van der Waals surface area (Å²) in [4.78, 5) is 0. The van der Waals surface area contributed by atoms with Crippen molar-refractivity contribution >= 4 is 17.9 Å². The lowest BCUT2D eigenvalue weighted by atomic mass is 10.1. The number of hydrogen-bond donors (Lipinski definition) is 1. The van der Waals surface area contributed by atoms with Crippen molar-refractivity contribution in [2.45, 2.75) is 0 Å². The predicted octanol–water partition coefficient (Wildman–Crippen LogP) is 5.13. The molecule has 0 atom stereocenters. The first-order valence-corrected chi connectivity index (χ1v) is 7.66. The summed E-state index contributed by atoms with van der Waals surface area (Å²) >= 11 is 5.61. The van der Waals surface area contributed by atoms with Crippen LogP contribution in [0.1, 0.15) is 0 Å². The maximum absolute atomic E-state index is 5.61. The van der Waals surface area contributed by atoms with Crippen LogP contribution in [0.3, 0.4) is 0 Å². The first-order chi connectivity index (χ1) is 10.7. The average molecular weight is 306 g/mol. The largest absolute Gasteiger partial charge is 0.385 e. The molecule has 0 aliphatic rings. The Bertz CT molecular complexity index is 837. The summed E-state index contributed by atoms with van der Waals surface area (Å²) in [6, 6.07) is 22.7. The minimum atomic E-state index is 0.832. The van der Waals surface area contributed by atoms with Crippen LogP contribution in [0.5, 0.6) is 0 Å². The van der Waals surface area contributed by atoms with Gasteiger partial charge in [-0.1, -0.05) is 72.9 Å². The van der Waals surface area contributed by atoms with Crippen LogP contribution in [0.2, 0.25) is 0 Å². The van der Waals surface area contributed by atoms with Gasteiger partial charge in [0.2, 0.25) is 0 Å². The van der Waals surface area contributed by atoms with Gasteiger partial charge >= 0.3 is 0 Å². The zero-order valence-corrected chi connectivity index (χ0v) is 13.5. The molecule has 2 aromatic carbocycles. The van der Waals surface area contributed by atoms with E-state index < -0.39 is 0 Å². The van der Waals surface area contributed by atoms with Gasteiger partial charge in [0.15, 0.2) is 0 Å². The third kappa shape index (κ3) is 2.55. The van der Waals surface area contributed by atoms with Gasteiger partial charge in [-0.15, -0.1) is 0 Å². The fourth-order valence-electron chi connectivity index (χ4n) is 2.76. The normalized spacial score (nSPS) is 10.5. The summed E-state index contributed by atoms with van der Waals surface area (Å²) in [5.74, 6) is 0. The minimum absolute atomic E-state index is 0.832. The molecule has 1 N–H and O–H groups in total. The molecule has 3 rings (SSSR count). The van der Waals surface area contributed by atoms with Crippen molar-refractivity contribution in [2.75, 3.05) is 12.4 Å². The highest BCUT2D eigenvalue weighted by atomic mass is 32.1. The van der Waals surface area contributed by atoms with E-state index in [9.17, 15) is 0 Å². The molecule has 110 valence electrons. The molecule has 1 aromatic heterocycles. The van der Waals surface area contributed by atoms with Crippen LogP contribution >= 0.6 is 12.2 Å². The van der Waals surface area contributed by atoms with E-state index in [1.54, 1.807) is 0 Å². The number of nitrogens with one attached hydrogen (secondary N) is 1. The van der Waals surface area contributed by atoms with Crippen LogP contribution in [0.4, 0.5) is 5.69 Å². The lowest BCUT2D eigenvalue weighted by molar-refractivity contribution is 0.924. The molecule has 0 unspecified atom stereocenters. The maximum Gasteiger partial charge on any atom is 0.0769 e. The van der Waals surface area contributed by atoms with Crippen LogP contribution in [-0.2, 0) is 7.05 Å². The van der Waals surface area contributed by atoms with Gasteiger partial charge in [0.1, 0.15) is 0 Å². The average Bonchev–Trinajstić information content (AvgIpc) is 2.57. The van der Waals surface area contributed by atoms with Crippen molar-refractivity contribution in [3.8, 4) is 22.5 Å². The second kappa shape index (κ2) is 6.16. The van der Waals surface area contributed by atoms with Gasteiger partial charge in [0.25, 0.3) is 0 Å². The minimum Gasteiger partial charge on any atom is -0.385 e. The van der Waals surface area contributed by atoms with Gasteiger partial charge < -0.3 is 9.88 Å². The van der Waals surface area contributed by atoms with E-state index in [1.807, 2.05) is 43.4 Å². The molecule has 22 heavy (non-hydrogen) atoms. The van der Waals surface area contributed by atoms with E-state index in [0.717, 1.165) is 32.7 Å². The molecule has 0 aliphatic heterocycles. The van der Waals surface area contributed by atoms with Gasteiger partial charge in [-0.25, -0.2) is 0 Å². The molecule has 0 saturated carbocycles. The Labute approximate surface area is 136 Å². The van der Waals surface area contributed by atoms with Gasteiger partial charge in [0, 0.05) is 25.4 Å². The highest BCUT2D eigenvalue weighted by molar-refractivity contribution is 7.71. The van der Waals surface area contributed by atoms with Crippen molar-refractivity contribution in [1.82, 2.24) is 4.57 Å². The Morgan fingerprint density at radius 3 is 1.95 bits per heavy atom. The van der Waals surface area contributed by atoms with Gasteiger partial charge in [-0.05, 0) is 11.6 Å². The smallest absolute Gasteiger partial charge is 0.0769 e. The zero-order valence-electron chi connectivity index (χ0n) is 12.7. The van der Waals surface area contributed by atoms with Gasteiger partial charge in [-0.2, -0.15) is 0 Å². The van der Waals surface area contributed by atoms with E-state index in [-0.39, 0.29) is 0 Å². The summed E-state index contributed by atoms with van der Waals surface area (Å²) in [5, 5.41) is 3.26. The fourth-order valence-corrected chi connectivity index (χ4v) is 3.07. The molecule has 0 aliphatic carbocycles. The van der Waals surface area contributed by atoms with Crippen molar-refractivity contribution < 1.29 is 0 Å². The fraction of sp³-hybridized carbons (Fsp3) is 0.105. The third-order valence-electron chi connectivity index (χ3n) is 3.81. The Hall–Kier alpha value is -2.39. The highest BCUT2D eigenvalue weighted by Gasteiger charge is 2.13. The number of anilines is 1. The van der Waals surface area contributed by atoms with Crippen LogP contribution < -0.4 is 5.32 Å². The van der Waals surface area contributed by atoms with Gasteiger partial charge in [0.05, 0.1) is 15.9 Å². The second-order valence-corrected chi connectivity index (χ2v) is 5.60. The van der Waals surface area contributed by atoms with Crippen LogP contribution in [-0.4, -0.2) is 11.6 Å². The number of pyridine rings is 1. The SMILES string of the molecule is CNc1c(-c2ccccc2)n(C)c(-c2ccccc2)cc1=S. The molecule has 3 heteroatoms. The van der Waals surface area contributed by atoms with Crippen LogP contribution in [0.25, 0.3) is 22.5 Å². The van der Waals surface area contributed by atoms with E-state index in [1.165, 1.54) is 0 Å². The second-order valence-electron chi connectivity index (χ2n) is 5.16. The Morgan fingerprint density at radius 1 is 0.864 bits per heavy atom. The molecular weight excluding hydrogens is 288 g/mol. The standard InChI is InChI=1S/C19H18N2S/c1-20-18-17(22)13-16(14-9-5-3-6-10-14)21(2)19(18)15-11-7-4-8-12-15/h3-13,20H,1-2H3. The molecule has 0 fully saturated rings.